The highest BCUT2D eigenvalue weighted by molar-refractivity contribution is 7.13. The normalized spacial score (nSPS) is 11.0. The van der Waals surface area contributed by atoms with Crippen molar-refractivity contribution in [2.24, 2.45) is 5.10 Å². The molecule has 1 aromatic heterocycles. The van der Waals surface area contributed by atoms with Gasteiger partial charge in [-0.1, -0.05) is 13.3 Å². The lowest BCUT2D eigenvalue weighted by Gasteiger charge is -2.12. The number of unbranched alkanes of at least 4 members (excludes halogenated alkanes) is 1. The Hall–Kier alpha value is -2.41. The zero-order valence-corrected chi connectivity index (χ0v) is 17.2. The van der Waals surface area contributed by atoms with Crippen LogP contribution < -0.4 is 10.2 Å². The van der Waals surface area contributed by atoms with Gasteiger partial charge in [0.25, 0.3) is 0 Å². The third kappa shape index (κ3) is 6.67. The molecule has 7 heteroatoms. The summed E-state index contributed by atoms with van der Waals surface area (Å²) in [6, 6.07) is 4.10. The largest absolute Gasteiger partial charge is 0.493 e. The van der Waals surface area contributed by atoms with Crippen LogP contribution in [-0.2, 0) is 16.0 Å². The molecule has 0 atom stereocenters. The number of rotatable bonds is 10. The number of hydrogen-bond acceptors (Lipinski definition) is 7. The molecule has 146 valence electrons. The quantitative estimate of drug-likeness (QED) is 0.280. The van der Waals surface area contributed by atoms with Gasteiger partial charge in [-0.15, -0.1) is 11.3 Å². The Bertz CT molecular complexity index is 764. The first kappa shape index (κ1) is 20.9. The molecule has 2 aromatic rings. The van der Waals surface area contributed by atoms with Crippen LogP contribution in [0.1, 0.15) is 49.1 Å². The molecule has 0 aliphatic carbocycles. The number of hydrazone groups is 1. The summed E-state index contributed by atoms with van der Waals surface area (Å²) in [5, 5.41) is 6.71. The van der Waals surface area contributed by atoms with Crippen molar-refractivity contribution in [3.05, 3.63) is 39.9 Å². The SMILES string of the molecule is CCCCOc1c(C)cc(C=NNc2nc(CC(=O)OCC)cs2)cc1C. The second-order valence-electron chi connectivity index (χ2n) is 6.18. The van der Waals surface area contributed by atoms with Crippen LogP contribution in [0.3, 0.4) is 0 Å². The Morgan fingerprint density at radius 2 is 2.04 bits per heavy atom. The van der Waals surface area contributed by atoms with Crippen molar-refractivity contribution in [3.8, 4) is 5.75 Å². The predicted octanol–water partition coefficient (Wildman–Crippen LogP) is 4.49. The summed E-state index contributed by atoms with van der Waals surface area (Å²) in [5.74, 6) is 0.683. The van der Waals surface area contributed by atoms with Gasteiger partial charge in [-0.3, -0.25) is 10.2 Å². The number of aryl methyl sites for hydroxylation is 2. The van der Waals surface area contributed by atoms with Gasteiger partial charge >= 0.3 is 5.97 Å². The standard InChI is InChI=1S/C20H27N3O3S/c1-5-7-8-26-19-14(3)9-16(10-15(19)4)12-21-23-20-22-17(13-27-20)11-18(24)25-6-2/h9-10,12-13H,5-8,11H2,1-4H3,(H,22,23). The predicted molar refractivity (Wildman–Crippen MR) is 110 cm³/mol. The molecule has 0 amide bonds. The van der Waals surface area contributed by atoms with E-state index in [-0.39, 0.29) is 12.4 Å². The number of nitrogens with one attached hydrogen (secondary N) is 1. The number of hydrogen-bond donors (Lipinski definition) is 1. The smallest absolute Gasteiger partial charge is 0.311 e. The number of carbonyl (C=O) groups is 1. The van der Waals surface area contributed by atoms with Gasteiger partial charge in [-0.05, 0) is 56.0 Å². The highest BCUT2D eigenvalue weighted by atomic mass is 32.1. The van der Waals surface area contributed by atoms with E-state index in [0.717, 1.165) is 41.9 Å². The van der Waals surface area contributed by atoms with Crippen molar-refractivity contribution in [2.75, 3.05) is 18.6 Å². The highest BCUT2D eigenvalue weighted by Gasteiger charge is 2.08. The molecule has 6 nitrogen and oxygen atoms in total. The van der Waals surface area contributed by atoms with Crippen LogP contribution in [0.25, 0.3) is 0 Å². The monoisotopic (exact) mass is 389 g/mol. The van der Waals surface area contributed by atoms with Crippen molar-refractivity contribution in [1.82, 2.24) is 4.98 Å². The lowest BCUT2D eigenvalue weighted by atomic mass is 10.1. The fourth-order valence-electron chi connectivity index (χ4n) is 2.57. The average molecular weight is 390 g/mol. The lowest BCUT2D eigenvalue weighted by molar-refractivity contribution is -0.142. The minimum Gasteiger partial charge on any atom is -0.493 e. The average Bonchev–Trinajstić information content (AvgIpc) is 3.05. The molecule has 1 heterocycles. The topological polar surface area (TPSA) is 72.8 Å². The summed E-state index contributed by atoms with van der Waals surface area (Å²) in [7, 11) is 0. The van der Waals surface area contributed by atoms with Crippen LogP contribution in [0.15, 0.2) is 22.6 Å². The molecule has 0 radical (unpaired) electrons. The van der Waals surface area contributed by atoms with Crippen LogP contribution in [0.2, 0.25) is 0 Å². The molecular formula is C20H27N3O3S. The molecular weight excluding hydrogens is 362 g/mol. The summed E-state index contributed by atoms with van der Waals surface area (Å²) in [4.78, 5) is 15.8. The van der Waals surface area contributed by atoms with Crippen LogP contribution in [-0.4, -0.2) is 30.4 Å². The highest BCUT2D eigenvalue weighted by Crippen LogP contribution is 2.24. The number of nitrogens with zero attached hydrogens (tertiary/aromatic N) is 2. The van der Waals surface area contributed by atoms with Gasteiger partial charge in [-0.2, -0.15) is 5.10 Å². The number of anilines is 1. The van der Waals surface area contributed by atoms with E-state index in [4.69, 9.17) is 9.47 Å². The Kier molecular flexibility index (Phi) is 8.26. The molecule has 0 aliphatic rings. The van der Waals surface area contributed by atoms with Gasteiger partial charge < -0.3 is 9.47 Å². The zero-order chi connectivity index (χ0) is 19.6. The van der Waals surface area contributed by atoms with E-state index in [0.29, 0.717) is 17.4 Å². The van der Waals surface area contributed by atoms with Crippen LogP contribution >= 0.6 is 11.3 Å². The summed E-state index contributed by atoms with van der Waals surface area (Å²) in [6.45, 7) is 9.14. The van der Waals surface area contributed by atoms with E-state index in [1.54, 1.807) is 13.1 Å². The number of ether oxygens (including phenoxy) is 2. The number of esters is 1. The van der Waals surface area contributed by atoms with E-state index in [1.807, 2.05) is 31.4 Å². The molecule has 0 aliphatic heterocycles. The second-order valence-corrected chi connectivity index (χ2v) is 7.04. The van der Waals surface area contributed by atoms with Crippen molar-refractivity contribution >= 4 is 28.7 Å². The third-order valence-corrected chi connectivity index (χ3v) is 4.58. The second kappa shape index (κ2) is 10.7. The molecule has 0 saturated carbocycles. The lowest BCUT2D eigenvalue weighted by Crippen LogP contribution is -2.07. The number of carbonyl (C=O) groups excluding carboxylic acids is 1. The molecule has 27 heavy (non-hydrogen) atoms. The Morgan fingerprint density at radius 3 is 2.70 bits per heavy atom. The number of aromatic nitrogens is 1. The van der Waals surface area contributed by atoms with Gasteiger partial charge in [0.1, 0.15) is 5.75 Å². The van der Waals surface area contributed by atoms with E-state index in [2.05, 4.69) is 22.4 Å². The maximum Gasteiger partial charge on any atom is 0.311 e. The molecule has 0 fully saturated rings. The minimum atomic E-state index is -0.273. The van der Waals surface area contributed by atoms with Gasteiger partial charge in [-0.25, -0.2) is 4.98 Å². The maximum absolute atomic E-state index is 11.5. The van der Waals surface area contributed by atoms with Gasteiger partial charge in [0.15, 0.2) is 0 Å². The molecule has 0 spiro atoms. The number of thiazole rings is 1. The molecule has 0 unspecified atom stereocenters. The van der Waals surface area contributed by atoms with Gasteiger partial charge in [0, 0.05) is 5.38 Å². The first-order valence-electron chi connectivity index (χ1n) is 9.16. The summed E-state index contributed by atoms with van der Waals surface area (Å²) in [5.41, 5.74) is 6.77. The summed E-state index contributed by atoms with van der Waals surface area (Å²) >= 11 is 1.40. The maximum atomic E-state index is 11.5. The Labute approximate surface area is 164 Å². The molecule has 2 rings (SSSR count). The van der Waals surface area contributed by atoms with E-state index >= 15 is 0 Å². The van der Waals surface area contributed by atoms with Crippen LogP contribution in [0.5, 0.6) is 5.75 Å². The van der Waals surface area contributed by atoms with Crippen LogP contribution in [0, 0.1) is 13.8 Å². The molecule has 0 bridgehead atoms. The van der Waals surface area contributed by atoms with Crippen molar-refractivity contribution in [3.63, 3.8) is 0 Å². The fourth-order valence-corrected chi connectivity index (χ4v) is 3.23. The molecule has 0 saturated heterocycles. The van der Waals surface area contributed by atoms with Crippen molar-refractivity contribution < 1.29 is 14.3 Å². The van der Waals surface area contributed by atoms with Gasteiger partial charge in [0.05, 0.1) is 31.5 Å². The summed E-state index contributed by atoms with van der Waals surface area (Å²) in [6.07, 6.45) is 4.10. The third-order valence-electron chi connectivity index (χ3n) is 3.78. The van der Waals surface area contributed by atoms with E-state index in [9.17, 15) is 4.79 Å². The molecule has 1 aromatic carbocycles. The van der Waals surface area contributed by atoms with Crippen molar-refractivity contribution in [2.45, 2.75) is 47.0 Å². The molecule has 1 N–H and O–H groups in total. The van der Waals surface area contributed by atoms with Crippen molar-refractivity contribution in [1.29, 1.82) is 0 Å². The number of benzene rings is 1. The zero-order valence-electron chi connectivity index (χ0n) is 16.4. The first-order chi connectivity index (χ1) is 13.0. The van der Waals surface area contributed by atoms with Crippen LogP contribution in [0.4, 0.5) is 5.13 Å². The fraction of sp³-hybridized carbons (Fsp3) is 0.450. The minimum absolute atomic E-state index is 0.174. The Balaban J connectivity index is 1.94. The summed E-state index contributed by atoms with van der Waals surface area (Å²) < 4.78 is 10.8. The van der Waals surface area contributed by atoms with E-state index in [1.165, 1.54) is 11.3 Å². The Morgan fingerprint density at radius 1 is 1.30 bits per heavy atom. The first-order valence-corrected chi connectivity index (χ1v) is 10.0. The van der Waals surface area contributed by atoms with E-state index < -0.39 is 0 Å². The van der Waals surface area contributed by atoms with Gasteiger partial charge in [0.2, 0.25) is 5.13 Å².